The minimum atomic E-state index is 0.178. The first-order chi connectivity index (χ1) is 14.6. The topological polar surface area (TPSA) is 115 Å². The van der Waals surface area contributed by atoms with Crippen molar-refractivity contribution in [1.82, 2.24) is 29.8 Å². The zero-order valence-corrected chi connectivity index (χ0v) is 17.3. The molecule has 3 aromatic heterocycles. The minimum Gasteiger partial charge on any atom is -0.477 e. The van der Waals surface area contributed by atoms with E-state index in [0.717, 1.165) is 18.5 Å². The second-order valence-corrected chi connectivity index (χ2v) is 7.29. The molecular weight excluding hydrogens is 384 g/mol. The maximum Gasteiger partial charge on any atom is 0.224 e. The number of morpholine rings is 1. The van der Waals surface area contributed by atoms with Crippen LogP contribution in [-0.4, -0.2) is 83.4 Å². The largest absolute Gasteiger partial charge is 0.477 e. The van der Waals surface area contributed by atoms with Crippen molar-refractivity contribution in [3.05, 3.63) is 24.5 Å². The van der Waals surface area contributed by atoms with Gasteiger partial charge in [0.15, 0.2) is 17.0 Å². The lowest BCUT2D eigenvalue weighted by molar-refractivity contribution is 0.122. The van der Waals surface area contributed by atoms with Gasteiger partial charge in [0.25, 0.3) is 0 Å². The monoisotopic (exact) mass is 410 g/mol. The van der Waals surface area contributed by atoms with E-state index in [2.05, 4.69) is 29.7 Å². The van der Waals surface area contributed by atoms with E-state index in [9.17, 15) is 0 Å². The number of anilines is 2. The molecule has 30 heavy (non-hydrogen) atoms. The lowest BCUT2D eigenvalue weighted by atomic mass is 10.2. The Balaban J connectivity index is 1.67. The first-order valence-electron chi connectivity index (χ1n) is 9.97. The molecule has 1 aliphatic rings. The molecule has 1 aliphatic heterocycles. The van der Waals surface area contributed by atoms with Crippen LogP contribution in [0.25, 0.3) is 22.4 Å². The number of nitrogens with zero attached hydrogens (tertiary/aromatic N) is 7. The Morgan fingerprint density at radius 2 is 2.00 bits per heavy atom. The second-order valence-electron chi connectivity index (χ2n) is 7.29. The Morgan fingerprint density at radius 3 is 2.80 bits per heavy atom. The van der Waals surface area contributed by atoms with E-state index in [1.165, 1.54) is 0 Å². The quantitative estimate of drug-likeness (QED) is 0.570. The number of ether oxygens (including phenoxy) is 2. The first-order valence-corrected chi connectivity index (χ1v) is 9.97. The fraction of sp³-hybridized carbons (Fsp3) is 0.450. The molecule has 10 heteroatoms. The Labute approximate surface area is 175 Å². The molecule has 1 fully saturated rings. The lowest BCUT2D eigenvalue weighted by Crippen LogP contribution is -2.37. The van der Waals surface area contributed by atoms with Crippen molar-refractivity contribution in [2.45, 2.75) is 6.42 Å². The summed E-state index contributed by atoms with van der Waals surface area (Å²) in [6.45, 7) is 4.20. The van der Waals surface area contributed by atoms with Gasteiger partial charge in [0.05, 0.1) is 37.3 Å². The third kappa shape index (κ3) is 4.55. The molecule has 158 valence electrons. The second kappa shape index (κ2) is 9.14. The van der Waals surface area contributed by atoms with Crippen LogP contribution < -0.4 is 15.4 Å². The zero-order valence-electron chi connectivity index (χ0n) is 17.3. The highest BCUT2D eigenvalue weighted by atomic mass is 16.5. The summed E-state index contributed by atoms with van der Waals surface area (Å²) in [7, 11) is 4.08. The Bertz CT molecular complexity index is 1010. The fourth-order valence-electron chi connectivity index (χ4n) is 3.29. The van der Waals surface area contributed by atoms with Crippen LogP contribution in [0.4, 0.5) is 11.8 Å². The highest BCUT2D eigenvalue weighted by Gasteiger charge is 2.20. The maximum absolute atomic E-state index is 5.94. The fourth-order valence-corrected chi connectivity index (χ4v) is 3.29. The van der Waals surface area contributed by atoms with E-state index in [4.69, 9.17) is 20.2 Å². The molecule has 0 spiro atoms. The predicted molar refractivity (Wildman–Crippen MR) is 114 cm³/mol. The molecular formula is C20H26N8O2. The van der Waals surface area contributed by atoms with Gasteiger partial charge in [0.1, 0.15) is 0 Å². The first kappa shape index (κ1) is 20.2. The highest BCUT2D eigenvalue weighted by molar-refractivity contribution is 5.86. The van der Waals surface area contributed by atoms with Crippen molar-refractivity contribution in [1.29, 1.82) is 0 Å². The third-order valence-corrected chi connectivity index (χ3v) is 4.75. The van der Waals surface area contributed by atoms with Crippen LogP contribution >= 0.6 is 0 Å². The van der Waals surface area contributed by atoms with Crippen LogP contribution in [0.5, 0.6) is 5.88 Å². The van der Waals surface area contributed by atoms with Gasteiger partial charge in [-0.15, -0.1) is 0 Å². The van der Waals surface area contributed by atoms with Crippen LogP contribution in [0.1, 0.15) is 6.42 Å². The van der Waals surface area contributed by atoms with Crippen LogP contribution in [0.2, 0.25) is 0 Å². The van der Waals surface area contributed by atoms with Crippen LogP contribution in [0, 0.1) is 0 Å². The smallest absolute Gasteiger partial charge is 0.224 e. The molecule has 0 radical (unpaired) electrons. The lowest BCUT2D eigenvalue weighted by Gasteiger charge is -2.28. The van der Waals surface area contributed by atoms with Gasteiger partial charge in [-0.05, 0) is 32.6 Å². The van der Waals surface area contributed by atoms with Crippen molar-refractivity contribution in [3.63, 3.8) is 0 Å². The number of hydrogen-bond acceptors (Lipinski definition) is 10. The summed E-state index contributed by atoms with van der Waals surface area (Å²) in [5.74, 6) is 1.39. The van der Waals surface area contributed by atoms with Crippen molar-refractivity contribution < 1.29 is 9.47 Å². The van der Waals surface area contributed by atoms with E-state index < -0.39 is 0 Å². The summed E-state index contributed by atoms with van der Waals surface area (Å²) in [6, 6.07) is 3.78. The molecule has 10 nitrogen and oxygen atoms in total. The van der Waals surface area contributed by atoms with Crippen molar-refractivity contribution in [2.75, 3.05) is 64.2 Å². The number of pyridine rings is 1. The zero-order chi connectivity index (χ0) is 20.9. The summed E-state index contributed by atoms with van der Waals surface area (Å²) in [5, 5.41) is 0. The van der Waals surface area contributed by atoms with Gasteiger partial charge in [-0.1, -0.05) is 0 Å². The molecule has 2 N–H and O–H groups in total. The molecule has 0 aliphatic carbocycles. The Hall–Kier alpha value is -3.11. The van der Waals surface area contributed by atoms with E-state index in [0.29, 0.717) is 61.5 Å². The molecule has 0 atom stereocenters. The Kier molecular flexibility index (Phi) is 6.15. The molecule has 1 saturated heterocycles. The van der Waals surface area contributed by atoms with Crippen LogP contribution in [0.15, 0.2) is 24.5 Å². The van der Waals surface area contributed by atoms with Crippen molar-refractivity contribution in [3.8, 4) is 17.1 Å². The molecule has 0 aromatic carbocycles. The molecule has 0 saturated carbocycles. The molecule has 0 unspecified atom stereocenters. The molecule has 0 bridgehead atoms. The third-order valence-electron chi connectivity index (χ3n) is 4.75. The van der Waals surface area contributed by atoms with E-state index in [1.54, 1.807) is 12.4 Å². The van der Waals surface area contributed by atoms with Gasteiger partial charge in [-0.2, -0.15) is 9.97 Å². The van der Waals surface area contributed by atoms with E-state index in [-0.39, 0.29) is 5.95 Å². The summed E-state index contributed by atoms with van der Waals surface area (Å²) in [5.41, 5.74) is 8.41. The van der Waals surface area contributed by atoms with E-state index in [1.807, 2.05) is 26.2 Å². The van der Waals surface area contributed by atoms with Gasteiger partial charge in [0.2, 0.25) is 11.8 Å². The number of rotatable bonds is 7. The maximum atomic E-state index is 5.94. The van der Waals surface area contributed by atoms with Gasteiger partial charge in [-0.3, -0.25) is 0 Å². The Morgan fingerprint density at radius 1 is 1.17 bits per heavy atom. The molecule has 4 rings (SSSR count). The normalized spacial score (nSPS) is 14.4. The van der Waals surface area contributed by atoms with E-state index >= 15 is 0 Å². The number of fused-ring (bicyclic) bond motifs is 1. The minimum absolute atomic E-state index is 0.178. The van der Waals surface area contributed by atoms with Gasteiger partial charge in [-0.25, -0.2) is 15.0 Å². The van der Waals surface area contributed by atoms with Gasteiger partial charge < -0.3 is 25.0 Å². The number of nitrogens with two attached hydrogens (primary N) is 1. The summed E-state index contributed by atoms with van der Waals surface area (Å²) < 4.78 is 11.4. The van der Waals surface area contributed by atoms with Crippen LogP contribution in [-0.2, 0) is 4.74 Å². The number of hydrogen-bond donors (Lipinski definition) is 1. The van der Waals surface area contributed by atoms with Gasteiger partial charge >= 0.3 is 0 Å². The van der Waals surface area contributed by atoms with Crippen molar-refractivity contribution >= 4 is 22.9 Å². The number of nitrogen functional groups attached to an aromatic ring is 1. The van der Waals surface area contributed by atoms with Gasteiger partial charge in [0, 0.05) is 25.8 Å². The predicted octanol–water partition coefficient (Wildman–Crippen LogP) is 1.23. The molecule has 4 heterocycles. The van der Waals surface area contributed by atoms with Crippen LogP contribution in [0.3, 0.4) is 0 Å². The standard InChI is InChI=1S/C20H26N8O2/c1-27(2)7-4-10-30-19-14(5-3-6-22-19)15-13-23-17-16(24-15)18(26-20(21)25-17)28-8-11-29-12-9-28/h3,5-6,13H,4,7-12H2,1-2H3,(H2,21,23,25,26). The SMILES string of the molecule is CN(C)CCCOc1ncccc1-c1cnc2nc(N)nc(N3CCOCC3)c2n1. The highest BCUT2D eigenvalue weighted by Crippen LogP contribution is 2.29. The summed E-state index contributed by atoms with van der Waals surface area (Å²) in [6.07, 6.45) is 4.28. The summed E-state index contributed by atoms with van der Waals surface area (Å²) in [4.78, 5) is 26.6. The molecule has 3 aromatic rings. The molecule has 0 amide bonds. The average molecular weight is 410 g/mol. The average Bonchev–Trinajstić information content (AvgIpc) is 2.76. The summed E-state index contributed by atoms with van der Waals surface area (Å²) >= 11 is 0. The van der Waals surface area contributed by atoms with Crippen molar-refractivity contribution in [2.24, 2.45) is 0 Å². The number of aromatic nitrogens is 5.